The molecule has 0 atom stereocenters. The predicted molar refractivity (Wildman–Crippen MR) is 244 cm³/mol. The second-order valence-electron chi connectivity index (χ2n) is 12.5. The van der Waals surface area contributed by atoms with E-state index in [1.165, 1.54) is 73.5 Å². The molecule has 342 valence electrons. The third kappa shape index (κ3) is 16.1. The summed E-state index contributed by atoms with van der Waals surface area (Å²) in [6.45, 7) is 12.2. The maximum Gasteiger partial charge on any atom is 0.414 e. The molecule has 2 amide bonds. The van der Waals surface area contributed by atoms with Crippen LogP contribution in [-0.4, -0.2) is 71.6 Å². The number of carbonyl (C=O) groups excluding carboxylic acids is 2. The maximum absolute atomic E-state index is 14.0. The van der Waals surface area contributed by atoms with E-state index in [1.807, 2.05) is 0 Å². The molecule has 18 nitrogen and oxygen atoms in total. The zero-order valence-corrected chi connectivity index (χ0v) is 38.7. The molecule has 0 saturated carbocycles. The van der Waals surface area contributed by atoms with E-state index in [0.717, 1.165) is 23.0 Å². The molecule has 0 aliphatic carbocycles. The van der Waals surface area contributed by atoms with Crippen molar-refractivity contribution in [1.82, 2.24) is 9.97 Å². The van der Waals surface area contributed by atoms with Gasteiger partial charge in [-0.1, -0.05) is 25.3 Å². The van der Waals surface area contributed by atoms with Crippen LogP contribution in [0.4, 0.5) is 46.9 Å². The standard InChI is InChI=1S/C18H16Br2FN3O5.C18H18BrFN4O5.C4H8O.2H2/c1-3-5-29-13-7-11(6-12(21)8-13)10-23(18(25)28-4-2)14-9-15(19)22-17(20)16(14)24(26)27;1-3-5-29-13-7-11(6-12(20)8-13)10-23(18(25)28-4-2)14-9-15(19)22-17(21)16(14)24(26)27;1-2-4-5-3-1;;/h3,6-9H,1,4-5,10H2,2H3;3,6-9H,1,4-5,10H2,2H3,(H2,21,22);1-4H2;2*1H/i;;;1+1D;1+1. The number of nitrogens with two attached hydrogens (primary N) is 1. The predicted octanol–water partition coefficient (Wildman–Crippen LogP) is 10.9. The van der Waals surface area contributed by atoms with E-state index in [9.17, 15) is 38.6 Å². The molecule has 63 heavy (non-hydrogen) atoms. The lowest BCUT2D eigenvalue weighted by Gasteiger charge is -2.22. The Hall–Kier alpha value is -5.78. The van der Waals surface area contributed by atoms with Crippen molar-refractivity contribution < 1.29 is 56.3 Å². The van der Waals surface area contributed by atoms with Crippen molar-refractivity contribution in [1.29, 1.82) is 0 Å². The molecule has 5 rings (SSSR count). The van der Waals surface area contributed by atoms with Crippen LogP contribution in [0.15, 0.2) is 87.7 Å². The van der Waals surface area contributed by atoms with Crippen molar-refractivity contribution in [3.8, 4) is 11.5 Å². The van der Waals surface area contributed by atoms with Gasteiger partial charge in [0.05, 0.1) is 36.1 Å². The first-order valence-electron chi connectivity index (χ1n) is 19.7. The van der Waals surface area contributed by atoms with E-state index in [0.29, 0.717) is 11.1 Å². The Kier molecular flexibility index (Phi) is 20.6. The van der Waals surface area contributed by atoms with Gasteiger partial charge in [0.25, 0.3) is 0 Å². The molecule has 1 saturated heterocycles. The minimum atomic E-state index is -0.870. The number of hydrogen-bond donors (Lipinski definition) is 1. The number of amides is 2. The number of carbonyl (C=O) groups is 2. The Morgan fingerprint density at radius 3 is 1.60 bits per heavy atom. The summed E-state index contributed by atoms with van der Waals surface area (Å²) in [5.74, 6) is -1.13. The van der Waals surface area contributed by atoms with Gasteiger partial charge in [-0.3, -0.25) is 30.0 Å². The summed E-state index contributed by atoms with van der Waals surface area (Å²) >= 11 is 9.31. The van der Waals surface area contributed by atoms with E-state index >= 15 is 0 Å². The first-order valence-corrected chi connectivity index (χ1v) is 21.0. The lowest BCUT2D eigenvalue weighted by molar-refractivity contribution is -0.385. The van der Waals surface area contributed by atoms with Crippen LogP contribution in [0, 0.1) is 31.9 Å². The third-order valence-corrected chi connectivity index (χ3v) is 9.26. The smallest absolute Gasteiger partial charge is 0.414 e. The zero-order valence-electron chi connectivity index (χ0n) is 35.9. The van der Waals surface area contributed by atoms with E-state index < -0.39 is 45.0 Å². The number of rotatable bonds is 16. The molecule has 0 spiro atoms. The quantitative estimate of drug-likeness (QED) is 0.0477. The second-order valence-corrected chi connectivity index (χ2v) is 14.9. The summed E-state index contributed by atoms with van der Waals surface area (Å²) in [5.41, 5.74) is 5.13. The van der Waals surface area contributed by atoms with Gasteiger partial charge in [0.2, 0.25) is 5.82 Å². The molecule has 0 unspecified atom stereocenters. The number of nitrogens with zero attached hydrogens (tertiary/aromatic N) is 6. The highest BCUT2D eigenvalue weighted by Crippen LogP contribution is 2.38. The number of aromatic nitrogens is 2. The highest BCUT2D eigenvalue weighted by molar-refractivity contribution is 9.11. The Morgan fingerprint density at radius 1 is 0.794 bits per heavy atom. The van der Waals surface area contributed by atoms with Gasteiger partial charge in [-0.15, -0.1) is 0 Å². The van der Waals surface area contributed by atoms with Crippen LogP contribution in [0.25, 0.3) is 0 Å². The molecule has 23 heteroatoms. The van der Waals surface area contributed by atoms with Crippen molar-refractivity contribution in [2.75, 3.05) is 55.2 Å². The molecule has 1 fully saturated rings. The second kappa shape index (κ2) is 26.0. The normalized spacial score (nSPS) is 11.5. The lowest BCUT2D eigenvalue weighted by atomic mass is 10.1. The number of halogens is 5. The van der Waals surface area contributed by atoms with Crippen LogP contribution in [0.2, 0.25) is 0 Å². The van der Waals surface area contributed by atoms with Crippen molar-refractivity contribution in [3.05, 3.63) is 131 Å². The number of benzene rings is 2. The molecule has 3 heterocycles. The molecule has 1 aliphatic heterocycles. The summed E-state index contributed by atoms with van der Waals surface area (Å²) in [5, 5.41) is 23.1. The van der Waals surface area contributed by atoms with E-state index in [2.05, 4.69) is 70.9 Å². The van der Waals surface area contributed by atoms with Gasteiger partial charge in [-0.25, -0.2) is 28.3 Å². The fourth-order valence-corrected chi connectivity index (χ4v) is 7.00. The van der Waals surface area contributed by atoms with Crippen LogP contribution in [0.3, 0.4) is 0 Å². The summed E-state index contributed by atoms with van der Waals surface area (Å²) in [6, 6.07) is 10.3. The number of pyridine rings is 2. The first-order chi connectivity index (χ1) is 31.0. The van der Waals surface area contributed by atoms with Crippen molar-refractivity contribution in [2.24, 2.45) is 0 Å². The highest BCUT2D eigenvalue weighted by Gasteiger charge is 2.32. The molecular weight excluding hydrogens is 1030 g/mol. The summed E-state index contributed by atoms with van der Waals surface area (Å²) in [7, 11) is 0. The first kappa shape index (κ1) is 49.9. The van der Waals surface area contributed by atoms with Gasteiger partial charge in [0, 0.05) is 41.9 Å². The lowest BCUT2D eigenvalue weighted by Crippen LogP contribution is -2.32. The average molecular weight is 1080 g/mol. The van der Waals surface area contributed by atoms with Crippen molar-refractivity contribution >= 4 is 88.5 Å². The fraction of sp³-hybridized carbons (Fsp3) is 0.300. The fourth-order valence-electron chi connectivity index (χ4n) is 5.42. The van der Waals surface area contributed by atoms with E-state index in [1.54, 1.807) is 13.8 Å². The Bertz CT molecular complexity index is 2130. The van der Waals surface area contributed by atoms with Gasteiger partial charge in [0.1, 0.15) is 56.9 Å². The molecule has 2 aromatic carbocycles. The Labute approximate surface area is 390 Å². The van der Waals surface area contributed by atoms with Crippen LogP contribution in [0.5, 0.6) is 11.5 Å². The monoisotopic (exact) mass is 1080 g/mol. The number of nitro groups is 2. The van der Waals surface area contributed by atoms with Crippen molar-refractivity contribution in [3.63, 3.8) is 0 Å². The topological polar surface area (TPSA) is 225 Å². The zero-order chi connectivity index (χ0) is 48.6. The van der Waals surface area contributed by atoms with Crippen LogP contribution in [0.1, 0.15) is 42.2 Å². The van der Waals surface area contributed by atoms with E-state index in [4.69, 9.17) is 32.4 Å². The van der Waals surface area contributed by atoms with Crippen LogP contribution in [-0.2, 0) is 27.3 Å². The number of ether oxygens (including phenoxy) is 5. The van der Waals surface area contributed by atoms with Gasteiger partial charge in [-0.2, -0.15) is 0 Å². The minimum absolute atomic E-state index is 0. The third-order valence-electron chi connectivity index (χ3n) is 7.90. The minimum Gasteiger partial charge on any atom is -0.489 e. The largest absolute Gasteiger partial charge is 0.489 e. The molecule has 0 bridgehead atoms. The Morgan fingerprint density at radius 2 is 1.22 bits per heavy atom. The molecular formula is C40H46Br3F2N7O11. The summed E-state index contributed by atoms with van der Waals surface area (Å²) in [4.78, 5) is 56.5. The average Bonchev–Trinajstić information content (AvgIpc) is 3.84. The van der Waals surface area contributed by atoms with Crippen LogP contribution >= 0.6 is 47.8 Å². The maximum atomic E-state index is 14.0. The molecule has 2 aromatic heterocycles. The van der Waals surface area contributed by atoms with Gasteiger partial charge in [0.15, 0.2) is 4.60 Å². The summed E-state index contributed by atoms with van der Waals surface area (Å²) in [6.07, 6.45) is 3.85. The van der Waals surface area contributed by atoms with Crippen molar-refractivity contribution in [2.45, 2.75) is 39.8 Å². The Balaban J connectivity index is 0.000000567. The summed E-state index contributed by atoms with van der Waals surface area (Å²) < 4.78 is 64.1. The number of hydrogen-bond acceptors (Lipinski definition) is 14. The van der Waals surface area contributed by atoms with E-state index in [-0.39, 0.29) is 83.4 Å². The molecule has 1 aliphatic rings. The number of anilines is 3. The number of nitrogen functional groups attached to an aromatic ring is 1. The SMILES string of the molecule is C1CCOC1.C=CCOc1cc(F)cc(CN(C(=O)OCC)c2cc(Br)nc(Br)c2[N+](=O)[O-])c1.C=CCOc1cc(F)cc(CN(C(=O)OCC)c2cc(Br)nc(N)c2[N+](=O)[O-])c1.[2HH].[2H][2H]. The highest BCUT2D eigenvalue weighted by atomic mass is 79.9. The molecule has 2 N–H and O–H groups in total. The van der Waals surface area contributed by atoms with Crippen LogP contribution < -0.4 is 25.0 Å². The van der Waals surface area contributed by atoms with Gasteiger partial charge >= 0.3 is 23.6 Å². The molecule has 4 aromatic rings. The van der Waals surface area contributed by atoms with Gasteiger partial charge in [-0.05, 0) is 110 Å². The van der Waals surface area contributed by atoms with Gasteiger partial charge < -0.3 is 29.4 Å². The molecule has 0 radical (unpaired) electrons.